The molecule has 0 radical (unpaired) electrons. The maximum atomic E-state index is 13.8. The zero-order valence-corrected chi connectivity index (χ0v) is 14.6. The first kappa shape index (κ1) is 17.2. The fourth-order valence-electron chi connectivity index (χ4n) is 2.53. The van der Waals surface area contributed by atoms with E-state index in [1.54, 1.807) is 11.8 Å². The Morgan fingerprint density at radius 2 is 2.05 bits per heavy atom. The number of rotatable bonds is 4. The molecule has 1 aromatic carbocycles. The number of benzene rings is 1. The summed E-state index contributed by atoms with van der Waals surface area (Å²) in [5.41, 5.74) is 0. The molecule has 1 N–H and O–H groups in total. The molecule has 0 spiro atoms. The van der Waals surface area contributed by atoms with Crippen molar-refractivity contribution in [3.8, 4) is 0 Å². The summed E-state index contributed by atoms with van der Waals surface area (Å²) < 4.78 is 54.0. The van der Waals surface area contributed by atoms with Crippen molar-refractivity contribution in [2.24, 2.45) is 0 Å². The number of hydrogen-bond donors (Lipinski definition) is 1. The van der Waals surface area contributed by atoms with Gasteiger partial charge in [-0.3, -0.25) is 0 Å². The van der Waals surface area contributed by atoms with Crippen LogP contribution in [0.25, 0.3) is 0 Å². The molecular weight excluding hydrogens is 384 g/mol. The van der Waals surface area contributed by atoms with Crippen LogP contribution in [0, 0.1) is 11.6 Å². The summed E-state index contributed by atoms with van der Waals surface area (Å²) in [6.07, 6.45) is 5.45. The molecule has 2 atom stereocenters. The largest absolute Gasteiger partial charge is 0.244 e. The molecule has 0 saturated heterocycles. The van der Waals surface area contributed by atoms with E-state index in [0.29, 0.717) is 11.3 Å². The van der Waals surface area contributed by atoms with Crippen LogP contribution in [0.2, 0.25) is 0 Å². The van der Waals surface area contributed by atoms with Crippen LogP contribution >= 0.6 is 27.7 Å². The van der Waals surface area contributed by atoms with Gasteiger partial charge < -0.3 is 0 Å². The lowest BCUT2D eigenvalue weighted by Gasteiger charge is -2.28. The molecule has 2 unspecified atom stereocenters. The fraction of sp³-hybridized carbons (Fsp3) is 0.538. The van der Waals surface area contributed by atoms with Crippen molar-refractivity contribution in [2.75, 3.05) is 6.26 Å². The van der Waals surface area contributed by atoms with Crippen LogP contribution in [-0.2, 0) is 10.0 Å². The Kier molecular flexibility index (Phi) is 5.67. The number of thioether (sulfide) groups is 1. The standard InChI is InChI=1S/C13H16BrF2NO2S2/c1-20-10-4-2-3-9(7-10)17-21(18,19)13-11(14)5-8(15)6-12(13)16/h5-6,9-10,17H,2-4,7H2,1H3. The quantitative estimate of drug-likeness (QED) is 0.839. The first-order chi connectivity index (χ1) is 9.83. The van der Waals surface area contributed by atoms with E-state index in [2.05, 4.69) is 20.7 Å². The maximum Gasteiger partial charge on any atom is 0.244 e. The van der Waals surface area contributed by atoms with Crippen LogP contribution in [0.15, 0.2) is 21.5 Å². The van der Waals surface area contributed by atoms with Gasteiger partial charge in [0.25, 0.3) is 0 Å². The molecule has 1 aliphatic rings. The average molecular weight is 400 g/mol. The summed E-state index contributed by atoms with van der Waals surface area (Å²) in [4.78, 5) is -0.532. The van der Waals surface area contributed by atoms with Crippen molar-refractivity contribution in [3.05, 3.63) is 28.2 Å². The first-order valence-corrected chi connectivity index (χ1v) is 10.1. The van der Waals surface area contributed by atoms with Gasteiger partial charge in [-0.25, -0.2) is 21.9 Å². The third-order valence-corrected chi connectivity index (χ3v) is 7.09. The zero-order valence-electron chi connectivity index (χ0n) is 11.4. The molecule has 0 aliphatic heterocycles. The van der Waals surface area contributed by atoms with Crippen molar-refractivity contribution in [1.29, 1.82) is 0 Å². The summed E-state index contributed by atoms with van der Waals surface area (Å²) in [5.74, 6) is -1.91. The molecule has 118 valence electrons. The Labute approximate surface area is 136 Å². The minimum atomic E-state index is -4.02. The third-order valence-electron chi connectivity index (χ3n) is 3.51. The van der Waals surface area contributed by atoms with E-state index in [-0.39, 0.29) is 10.5 Å². The topological polar surface area (TPSA) is 46.2 Å². The van der Waals surface area contributed by atoms with E-state index in [1.807, 2.05) is 6.26 Å². The highest BCUT2D eigenvalue weighted by atomic mass is 79.9. The Hall–Kier alpha value is -0.180. The van der Waals surface area contributed by atoms with Gasteiger partial charge in [-0.05, 0) is 47.5 Å². The summed E-state index contributed by atoms with van der Waals surface area (Å²) in [6.45, 7) is 0. The van der Waals surface area contributed by atoms with Gasteiger partial charge in [-0.2, -0.15) is 11.8 Å². The van der Waals surface area contributed by atoms with Gasteiger partial charge in [-0.1, -0.05) is 6.42 Å². The Bertz CT molecular complexity index is 602. The second-order valence-electron chi connectivity index (χ2n) is 5.04. The van der Waals surface area contributed by atoms with Crippen molar-refractivity contribution in [2.45, 2.75) is 41.9 Å². The molecule has 1 saturated carbocycles. The SMILES string of the molecule is CSC1CCCC(NS(=O)(=O)c2c(F)cc(F)cc2Br)C1. The van der Waals surface area contributed by atoms with E-state index in [9.17, 15) is 17.2 Å². The van der Waals surface area contributed by atoms with E-state index >= 15 is 0 Å². The average Bonchev–Trinajstić information content (AvgIpc) is 2.36. The van der Waals surface area contributed by atoms with Gasteiger partial charge in [0.05, 0.1) is 0 Å². The van der Waals surface area contributed by atoms with E-state index in [1.165, 1.54) is 0 Å². The van der Waals surface area contributed by atoms with Crippen molar-refractivity contribution in [1.82, 2.24) is 4.72 Å². The maximum absolute atomic E-state index is 13.8. The van der Waals surface area contributed by atoms with Crippen molar-refractivity contribution in [3.63, 3.8) is 0 Å². The Morgan fingerprint density at radius 1 is 1.33 bits per heavy atom. The molecule has 21 heavy (non-hydrogen) atoms. The van der Waals surface area contributed by atoms with Crippen LogP contribution in [0.3, 0.4) is 0 Å². The second kappa shape index (κ2) is 6.93. The summed E-state index contributed by atoms with van der Waals surface area (Å²) >= 11 is 4.63. The molecule has 1 fully saturated rings. The molecule has 0 amide bonds. The molecule has 0 aromatic heterocycles. The lowest BCUT2D eigenvalue weighted by molar-refractivity contribution is 0.419. The normalized spacial score (nSPS) is 23.2. The van der Waals surface area contributed by atoms with Crippen LogP contribution in [0.1, 0.15) is 25.7 Å². The van der Waals surface area contributed by atoms with Crippen LogP contribution in [-0.4, -0.2) is 26.0 Å². The van der Waals surface area contributed by atoms with Crippen LogP contribution < -0.4 is 4.72 Å². The highest BCUT2D eigenvalue weighted by Gasteiger charge is 2.29. The first-order valence-electron chi connectivity index (χ1n) is 6.53. The van der Waals surface area contributed by atoms with Gasteiger partial charge in [0.1, 0.15) is 16.5 Å². The number of halogens is 3. The van der Waals surface area contributed by atoms with Crippen molar-refractivity contribution >= 4 is 37.7 Å². The minimum absolute atomic E-state index is 0.107. The third kappa shape index (κ3) is 4.18. The molecule has 8 heteroatoms. The van der Waals surface area contributed by atoms with Crippen LogP contribution in [0.4, 0.5) is 8.78 Å². The van der Waals surface area contributed by atoms with Crippen molar-refractivity contribution < 1.29 is 17.2 Å². The molecule has 3 nitrogen and oxygen atoms in total. The summed E-state index contributed by atoms with van der Waals surface area (Å²) in [6, 6.07) is 1.31. The van der Waals surface area contributed by atoms with Gasteiger partial charge in [0.15, 0.2) is 0 Å². The number of nitrogens with one attached hydrogen (secondary N) is 1. The highest BCUT2D eigenvalue weighted by Crippen LogP contribution is 2.30. The zero-order chi connectivity index (χ0) is 15.6. The Balaban J connectivity index is 2.23. The molecule has 1 aromatic rings. The highest BCUT2D eigenvalue weighted by molar-refractivity contribution is 9.10. The lowest BCUT2D eigenvalue weighted by atomic mass is 9.96. The monoisotopic (exact) mass is 399 g/mol. The summed E-state index contributed by atoms with van der Waals surface area (Å²) in [5, 5.41) is 0.410. The summed E-state index contributed by atoms with van der Waals surface area (Å²) in [7, 11) is -4.02. The van der Waals surface area contributed by atoms with E-state index < -0.39 is 26.6 Å². The predicted octanol–water partition coefficient (Wildman–Crippen LogP) is 3.68. The fourth-order valence-corrected chi connectivity index (χ4v) is 5.81. The second-order valence-corrected chi connectivity index (χ2v) is 8.68. The predicted molar refractivity (Wildman–Crippen MR) is 83.9 cm³/mol. The molecular formula is C13H16BrF2NO2S2. The van der Waals surface area contributed by atoms with Gasteiger partial charge in [-0.15, -0.1) is 0 Å². The smallest absolute Gasteiger partial charge is 0.208 e. The van der Waals surface area contributed by atoms with E-state index in [0.717, 1.165) is 31.7 Å². The van der Waals surface area contributed by atoms with Gasteiger partial charge in [0, 0.05) is 21.8 Å². The Morgan fingerprint density at radius 3 is 2.67 bits per heavy atom. The number of hydrogen-bond acceptors (Lipinski definition) is 3. The number of sulfonamides is 1. The van der Waals surface area contributed by atoms with Crippen LogP contribution in [0.5, 0.6) is 0 Å². The lowest BCUT2D eigenvalue weighted by Crippen LogP contribution is -2.39. The molecule has 0 heterocycles. The molecule has 2 rings (SSSR count). The molecule has 1 aliphatic carbocycles. The minimum Gasteiger partial charge on any atom is -0.208 e. The van der Waals surface area contributed by atoms with Gasteiger partial charge >= 0.3 is 0 Å². The van der Waals surface area contributed by atoms with E-state index in [4.69, 9.17) is 0 Å². The van der Waals surface area contributed by atoms with Gasteiger partial charge in [0.2, 0.25) is 10.0 Å². The molecule has 0 bridgehead atoms.